The molecule has 3 N–H and O–H groups in total. The van der Waals surface area contributed by atoms with E-state index in [0.717, 1.165) is 5.56 Å². The molecule has 0 saturated carbocycles. The summed E-state index contributed by atoms with van der Waals surface area (Å²) in [5.41, 5.74) is 6.53. The molecule has 1 rings (SSSR count). The van der Waals surface area contributed by atoms with Gasteiger partial charge in [-0.05, 0) is 6.92 Å². The fourth-order valence-electron chi connectivity index (χ4n) is 0.761. The predicted molar refractivity (Wildman–Crippen MR) is 38.5 cm³/mol. The monoisotopic (exact) mass is 141 g/mol. The molecule has 0 aliphatic heterocycles. The fraction of sp³-hybridized carbons (Fsp3) is 0.500. The van der Waals surface area contributed by atoms with Gasteiger partial charge in [0, 0.05) is 5.56 Å². The first-order valence-corrected chi connectivity index (χ1v) is 3.14. The van der Waals surface area contributed by atoms with Crippen LogP contribution in [0.25, 0.3) is 0 Å². The molecular formula is C6H11N3O. The number of aromatic nitrogens is 2. The van der Waals surface area contributed by atoms with E-state index in [9.17, 15) is 0 Å². The molecule has 0 atom stereocenters. The Morgan fingerprint density at radius 1 is 1.80 bits per heavy atom. The molecule has 0 aliphatic rings. The van der Waals surface area contributed by atoms with Crippen molar-refractivity contribution in [1.82, 2.24) is 9.78 Å². The van der Waals surface area contributed by atoms with Gasteiger partial charge in [0.05, 0.1) is 19.3 Å². The lowest BCUT2D eigenvalue weighted by Crippen LogP contribution is -2.07. The van der Waals surface area contributed by atoms with Crippen LogP contribution in [0.5, 0.6) is 0 Å². The van der Waals surface area contributed by atoms with Crippen molar-refractivity contribution < 1.29 is 5.11 Å². The van der Waals surface area contributed by atoms with Gasteiger partial charge in [-0.2, -0.15) is 5.10 Å². The topological polar surface area (TPSA) is 64.1 Å². The lowest BCUT2D eigenvalue weighted by atomic mass is 10.4. The predicted octanol–water partition coefficient (Wildman–Crippen LogP) is -0.234. The Balaban J connectivity index is 2.83. The van der Waals surface area contributed by atoms with Gasteiger partial charge in [-0.3, -0.25) is 0 Å². The number of anilines is 1. The van der Waals surface area contributed by atoms with Crippen LogP contribution in [0, 0.1) is 6.92 Å². The van der Waals surface area contributed by atoms with Gasteiger partial charge in [0.2, 0.25) is 0 Å². The zero-order chi connectivity index (χ0) is 7.56. The van der Waals surface area contributed by atoms with Crippen LogP contribution in [-0.2, 0) is 6.54 Å². The average molecular weight is 141 g/mol. The van der Waals surface area contributed by atoms with Crippen molar-refractivity contribution in [3.05, 3.63) is 11.8 Å². The average Bonchev–Trinajstić information content (AvgIpc) is 2.20. The van der Waals surface area contributed by atoms with Crippen molar-refractivity contribution in [3.8, 4) is 0 Å². The Hall–Kier alpha value is -1.03. The number of nitrogen functional groups attached to an aromatic ring is 1. The van der Waals surface area contributed by atoms with E-state index in [0.29, 0.717) is 12.4 Å². The number of aliphatic hydroxyl groups is 1. The van der Waals surface area contributed by atoms with Crippen molar-refractivity contribution >= 4 is 5.82 Å². The largest absolute Gasteiger partial charge is 0.394 e. The molecule has 0 bridgehead atoms. The highest BCUT2D eigenvalue weighted by Gasteiger charge is 2.00. The van der Waals surface area contributed by atoms with E-state index in [1.165, 1.54) is 0 Å². The lowest BCUT2D eigenvalue weighted by molar-refractivity contribution is 0.270. The first-order chi connectivity index (χ1) is 4.75. The molecule has 0 saturated heterocycles. The Bertz CT molecular complexity index is 219. The standard InChI is InChI=1S/C6H11N3O/c1-5-4-8-9(2-3-10)6(5)7/h4,10H,2-3,7H2,1H3. The first-order valence-electron chi connectivity index (χ1n) is 3.14. The molecule has 4 nitrogen and oxygen atoms in total. The van der Waals surface area contributed by atoms with Crippen LogP contribution in [0.15, 0.2) is 6.20 Å². The summed E-state index contributed by atoms with van der Waals surface area (Å²) >= 11 is 0. The van der Waals surface area contributed by atoms with E-state index >= 15 is 0 Å². The van der Waals surface area contributed by atoms with Gasteiger partial charge in [-0.25, -0.2) is 4.68 Å². The molecule has 0 radical (unpaired) electrons. The maximum Gasteiger partial charge on any atom is 0.124 e. The van der Waals surface area contributed by atoms with Gasteiger partial charge in [0.15, 0.2) is 0 Å². The van der Waals surface area contributed by atoms with Crippen molar-refractivity contribution in [1.29, 1.82) is 0 Å². The molecule has 0 amide bonds. The number of rotatable bonds is 2. The van der Waals surface area contributed by atoms with E-state index in [-0.39, 0.29) is 6.61 Å². The highest BCUT2D eigenvalue weighted by atomic mass is 16.3. The highest BCUT2D eigenvalue weighted by Crippen LogP contribution is 2.07. The zero-order valence-corrected chi connectivity index (χ0v) is 5.91. The number of nitrogens with zero attached hydrogens (tertiary/aromatic N) is 2. The van der Waals surface area contributed by atoms with E-state index in [1.54, 1.807) is 10.9 Å². The van der Waals surface area contributed by atoms with Crippen molar-refractivity contribution in [2.45, 2.75) is 13.5 Å². The number of aliphatic hydroxyl groups excluding tert-OH is 1. The lowest BCUT2D eigenvalue weighted by Gasteiger charge is -1.99. The second-order valence-corrected chi connectivity index (χ2v) is 2.16. The smallest absolute Gasteiger partial charge is 0.124 e. The Morgan fingerprint density at radius 3 is 2.90 bits per heavy atom. The molecule has 4 heteroatoms. The molecule has 0 unspecified atom stereocenters. The molecule has 1 aromatic rings. The van der Waals surface area contributed by atoms with Crippen LogP contribution < -0.4 is 5.73 Å². The summed E-state index contributed by atoms with van der Waals surface area (Å²) in [7, 11) is 0. The molecule has 10 heavy (non-hydrogen) atoms. The van der Waals surface area contributed by atoms with Gasteiger partial charge in [0.1, 0.15) is 5.82 Å². The second kappa shape index (κ2) is 2.70. The van der Waals surface area contributed by atoms with Crippen molar-refractivity contribution in [2.24, 2.45) is 0 Å². The van der Waals surface area contributed by atoms with Crippen molar-refractivity contribution in [3.63, 3.8) is 0 Å². The van der Waals surface area contributed by atoms with Gasteiger partial charge < -0.3 is 10.8 Å². The number of aryl methyl sites for hydroxylation is 1. The maximum absolute atomic E-state index is 8.54. The molecular weight excluding hydrogens is 130 g/mol. The van der Waals surface area contributed by atoms with E-state index in [1.807, 2.05) is 6.92 Å². The summed E-state index contributed by atoms with van der Waals surface area (Å²) in [5.74, 6) is 0.633. The van der Waals surface area contributed by atoms with Crippen LogP contribution in [0.3, 0.4) is 0 Å². The van der Waals surface area contributed by atoms with E-state index in [4.69, 9.17) is 10.8 Å². The van der Waals surface area contributed by atoms with Crippen LogP contribution in [0.1, 0.15) is 5.56 Å². The van der Waals surface area contributed by atoms with Crippen LogP contribution >= 0.6 is 0 Å². The molecule has 0 aliphatic carbocycles. The third-order valence-electron chi connectivity index (χ3n) is 1.38. The normalized spacial score (nSPS) is 10.2. The van der Waals surface area contributed by atoms with Gasteiger partial charge in [-0.1, -0.05) is 0 Å². The quantitative estimate of drug-likeness (QED) is 0.597. The summed E-state index contributed by atoms with van der Waals surface area (Å²) in [6, 6.07) is 0. The van der Waals surface area contributed by atoms with Gasteiger partial charge in [0.25, 0.3) is 0 Å². The third-order valence-corrected chi connectivity index (χ3v) is 1.38. The molecule has 0 spiro atoms. The summed E-state index contributed by atoms with van der Waals surface area (Å²) in [4.78, 5) is 0. The van der Waals surface area contributed by atoms with Gasteiger partial charge in [-0.15, -0.1) is 0 Å². The number of hydrogen-bond donors (Lipinski definition) is 2. The minimum Gasteiger partial charge on any atom is -0.394 e. The summed E-state index contributed by atoms with van der Waals surface area (Å²) in [6.07, 6.45) is 1.69. The Labute approximate surface area is 59.3 Å². The minimum atomic E-state index is 0.0747. The molecule has 56 valence electrons. The van der Waals surface area contributed by atoms with Crippen molar-refractivity contribution in [2.75, 3.05) is 12.3 Å². The summed E-state index contributed by atoms with van der Waals surface area (Å²) < 4.78 is 1.58. The SMILES string of the molecule is Cc1cnn(CCO)c1N. The second-order valence-electron chi connectivity index (χ2n) is 2.16. The third kappa shape index (κ3) is 1.11. The highest BCUT2D eigenvalue weighted by molar-refractivity contribution is 5.36. The van der Waals surface area contributed by atoms with Crippen LogP contribution in [0.2, 0.25) is 0 Å². The Kier molecular flexibility index (Phi) is 1.91. The van der Waals surface area contributed by atoms with E-state index in [2.05, 4.69) is 5.10 Å². The molecule has 1 heterocycles. The Morgan fingerprint density at radius 2 is 2.50 bits per heavy atom. The minimum absolute atomic E-state index is 0.0747. The first kappa shape index (κ1) is 7.08. The maximum atomic E-state index is 8.54. The number of nitrogens with two attached hydrogens (primary N) is 1. The molecule has 0 fully saturated rings. The molecule has 1 aromatic heterocycles. The zero-order valence-electron chi connectivity index (χ0n) is 5.91. The molecule has 0 aromatic carbocycles. The van der Waals surface area contributed by atoms with Crippen LogP contribution in [0.4, 0.5) is 5.82 Å². The fourth-order valence-corrected chi connectivity index (χ4v) is 0.761. The van der Waals surface area contributed by atoms with Crippen LogP contribution in [-0.4, -0.2) is 21.5 Å². The van der Waals surface area contributed by atoms with Gasteiger partial charge >= 0.3 is 0 Å². The summed E-state index contributed by atoms with van der Waals surface area (Å²) in [6.45, 7) is 2.43. The van der Waals surface area contributed by atoms with E-state index < -0.39 is 0 Å². The summed E-state index contributed by atoms with van der Waals surface area (Å²) in [5, 5.41) is 12.5. The number of hydrogen-bond acceptors (Lipinski definition) is 3.